The van der Waals surface area contributed by atoms with E-state index >= 15 is 0 Å². The van der Waals surface area contributed by atoms with Crippen molar-refractivity contribution in [3.8, 4) is 39.9 Å². The van der Waals surface area contributed by atoms with Gasteiger partial charge in [-0.3, -0.25) is 4.79 Å². The zero-order chi connectivity index (χ0) is 43.6. The van der Waals surface area contributed by atoms with Crippen LogP contribution in [0, 0.1) is 5.41 Å². The number of methoxy groups -OCH3 is 1. The van der Waals surface area contributed by atoms with Crippen LogP contribution in [0.15, 0.2) is 91.0 Å². The van der Waals surface area contributed by atoms with Crippen LogP contribution in [0.25, 0.3) is 17.2 Å². The van der Waals surface area contributed by atoms with Crippen LogP contribution in [0.1, 0.15) is 109 Å². The van der Waals surface area contributed by atoms with Gasteiger partial charge in [0.1, 0.15) is 29.0 Å². The second kappa shape index (κ2) is 18.2. The third-order valence-electron chi connectivity index (χ3n) is 14.6. The number of ketones is 1. The number of aromatic nitrogens is 1. The van der Waals surface area contributed by atoms with E-state index in [1.54, 1.807) is 30.3 Å². The van der Waals surface area contributed by atoms with Crippen molar-refractivity contribution in [1.82, 2.24) is 10.3 Å². The number of phenolic OH excluding ortho intramolecular Hbond substituents is 2. The number of benzene rings is 4. The maximum absolute atomic E-state index is 14.3. The number of fused-ring (bicyclic) bond motifs is 1. The fourth-order valence-corrected chi connectivity index (χ4v) is 11.0. The first-order chi connectivity index (χ1) is 30.7. The molecule has 0 radical (unpaired) electrons. The van der Waals surface area contributed by atoms with Crippen molar-refractivity contribution in [3.63, 3.8) is 0 Å². The van der Waals surface area contributed by atoms with E-state index in [4.69, 9.17) is 14.2 Å². The van der Waals surface area contributed by atoms with E-state index in [1.807, 2.05) is 36.4 Å². The molecule has 5 N–H and O–H groups in total. The molecular formula is C53H61N3O7. The quantitative estimate of drug-likeness (QED) is 0.0740. The van der Waals surface area contributed by atoms with E-state index in [-0.39, 0.29) is 65.0 Å². The molecule has 10 nitrogen and oxygen atoms in total. The first kappa shape index (κ1) is 42.6. The Morgan fingerprint density at radius 1 is 0.905 bits per heavy atom. The number of anilines is 1. The Morgan fingerprint density at radius 2 is 1.67 bits per heavy atom. The Morgan fingerprint density at radius 3 is 2.43 bits per heavy atom. The number of carbonyl (C=O) groups excluding carboxylic acids is 1. The van der Waals surface area contributed by atoms with E-state index in [0.29, 0.717) is 23.8 Å². The maximum atomic E-state index is 14.3. The van der Waals surface area contributed by atoms with Gasteiger partial charge >= 0.3 is 0 Å². The van der Waals surface area contributed by atoms with E-state index in [0.717, 1.165) is 48.4 Å². The highest BCUT2D eigenvalue weighted by Gasteiger charge is 2.54. The van der Waals surface area contributed by atoms with Crippen molar-refractivity contribution in [2.75, 3.05) is 44.8 Å². The molecule has 0 bridgehead atoms. The Bertz CT molecular complexity index is 2430. The summed E-state index contributed by atoms with van der Waals surface area (Å²) in [5.74, 6) is 1.38. The number of aromatic amines is 1. The van der Waals surface area contributed by atoms with E-state index in [1.165, 1.54) is 69.1 Å². The molecule has 1 spiro atoms. The maximum Gasteiger partial charge on any atom is 0.204 e. The van der Waals surface area contributed by atoms with Crippen molar-refractivity contribution in [3.05, 3.63) is 125 Å². The van der Waals surface area contributed by atoms with Gasteiger partial charge in [0, 0.05) is 54.8 Å². The Balaban J connectivity index is 1.02. The van der Waals surface area contributed by atoms with Crippen molar-refractivity contribution in [2.45, 2.75) is 95.2 Å². The lowest BCUT2D eigenvalue weighted by molar-refractivity contribution is 0.0836. The van der Waals surface area contributed by atoms with Crippen LogP contribution in [-0.2, 0) is 18.3 Å². The number of ether oxygens (including phenoxy) is 3. The number of piperazine rings is 1. The zero-order valence-corrected chi connectivity index (χ0v) is 36.6. The number of Topliss-reactive ketones (excluding diaryl/α,β-unsaturated/α-hetero) is 1. The van der Waals surface area contributed by atoms with Gasteiger partial charge in [-0.05, 0) is 84.4 Å². The van der Waals surface area contributed by atoms with Gasteiger partial charge in [-0.25, -0.2) is 0 Å². The lowest BCUT2D eigenvalue weighted by Gasteiger charge is -2.41. The molecule has 5 aromatic rings. The number of carbonyl (C=O) groups is 1. The van der Waals surface area contributed by atoms with Crippen LogP contribution in [0.2, 0.25) is 0 Å². The minimum absolute atomic E-state index is 0.0280. The van der Waals surface area contributed by atoms with Crippen LogP contribution < -0.4 is 24.4 Å². The average molecular weight is 852 g/mol. The summed E-state index contributed by atoms with van der Waals surface area (Å²) in [5.41, 5.74) is 7.69. The highest BCUT2D eigenvalue weighted by molar-refractivity contribution is 6.04. The van der Waals surface area contributed by atoms with Crippen LogP contribution in [-0.4, -0.2) is 72.1 Å². The number of aliphatic hydroxyl groups excluding tert-OH is 1. The summed E-state index contributed by atoms with van der Waals surface area (Å²) in [6.45, 7) is 6.35. The number of aliphatic hydroxyl groups is 1. The van der Waals surface area contributed by atoms with Crippen LogP contribution >= 0.6 is 0 Å². The fraction of sp³-hybridized carbons (Fsp3) is 0.415. The molecule has 3 atom stereocenters. The molecule has 3 fully saturated rings. The number of aromatic hydroxyl groups is 2. The molecule has 330 valence electrons. The molecule has 2 aliphatic carbocycles. The SMILES string of the molecule is COc1c(O)c(CCc2cccc(-c3cc([C@@]4(C)CCCC45CCCC5)[nH]c3N3CCNCC3)c2)c2c(c1OCC[C@@H](O)/C=C/c1ccccc1)C(=O)CC(c1ccc(O)cc1)O2. The molecule has 9 rings (SSSR count). The average Bonchev–Trinajstić information content (AvgIpc) is 4.06. The molecule has 1 saturated heterocycles. The topological polar surface area (TPSA) is 137 Å². The third kappa shape index (κ3) is 8.43. The third-order valence-corrected chi connectivity index (χ3v) is 14.6. The summed E-state index contributed by atoms with van der Waals surface area (Å²) < 4.78 is 18.7. The summed E-state index contributed by atoms with van der Waals surface area (Å²) in [7, 11) is 1.45. The molecule has 1 aromatic heterocycles. The smallest absolute Gasteiger partial charge is 0.204 e. The normalized spacial score (nSPS) is 21.2. The number of rotatable bonds is 14. The van der Waals surface area contributed by atoms with Gasteiger partial charge in [-0.1, -0.05) is 105 Å². The van der Waals surface area contributed by atoms with E-state index in [9.17, 15) is 20.1 Å². The number of H-pyrrole nitrogens is 1. The molecule has 2 saturated carbocycles. The van der Waals surface area contributed by atoms with Gasteiger partial charge < -0.3 is 44.7 Å². The van der Waals surface area contributed by atoms with Crippen molar-refractivity contribution in [2.24, 2.45) is 5.41 Å². The van der Waals surface area contributed by atoms with E-state index in [2.05, 4.69) is 52.5 Å². The summed E-state index contributed by atoms with van der Waals surface area (Å²) in [5, 5.41) is 36.3. The monoisotopic (exact) mass is 851 g/mol. The highest BCUT2D eigenvalue weighted by atomic mass is 16.5. The van der Waals surface area contributed by atoms with Gasteiger partial charge in [-0.15, -0.1) is 0 Å². The van der Waals surface area contributed by atoms with Crippen LogP contribution in [0.5, 0.6) is 28.7 Å². The molecule has 4 aromatic carbocycles. The number of nitrogens with zero attached hydrogens (tertiary/aromatic N) is 1. The first-order valence-electron chi connectivity index (χ1n) is 22.9. The molecule has 4 aliphatic rings. The number of nitrogens with one attached hydrogen (secondary N) is 2. The van der Waals surface area contributed by atoms with Gasteiger partial charge in [0.05, 0.1) is 26.2 Å². The Labute approximate surface area is 370 Å². The summed E-state index contributed by atoms with van der Waals surface area (Å²) in [6.07, 6.45) is 12.4. The predicted octanol–water partition coefficient (Wildman–Crippen LogP) is 9.85. The molecule has 2 aliphatic heterocycles. The molecule has 10 heteroatoms. The molecule has 1 unspecified atom stereocenters. The molecule has 3 heterocycles. The summed E-state index contributed by atoms with van der Waals surface area (Å²) >= 11 is 0. The summed E-state index contributed by atoms with van der Waals surface area (Å²) in [4.78, 5) is 20.8. The number of hydrogen-bond donors (Lipinski definition) is 5. The lowest BCUT2D eigenvalue weighted by Crippen LogP contribution is -2.44. The number of phenols is 2. The largest absolute Gasteiger partial charge is 0.508 e. The van der Waals surface area contributed by atoms with Gasteiger partial charge in [0.15, 0.2) is 17.3 Å². The molecule has 63 heavy (non-hydrogen) atoms. The van der Waals surface area contributed by atoms with Gasteiger partial charge in [-0.2, -0.15) is 0 Å². The summed E-state index contributed by atoms with van der Waals surface area (Å²) in [6, 6.07) is 27.5. The van der Waals surface area contributed by atoms with Gasteiger partial charge in [0.25, 0.3) is 0 Å². The molecule has 0 amide bonds. The number of aryl methyl sites for hydroxylation is 1. The van der Waals surface area contributed by atoms with Crippen LogP contribution in [0.3, 0.4) is 0 Å². The zero-order valence-electron chi connectivity index (χ0n) is 36.6. The second-order valence-electron chi connectivity index (χ2n) is 18.2. The van der Waals surface area contributed by atoms with Crippen molar-refractivity contribution >= 4 is 17.7 Å². The number of hydrogen-bond acceptors (Lipinski definition) is 9. The minimum Gasteiger partial charge on any atom is -0.508 e. The minimum atomic E-state index is -0.804. The Kier molecular flexibility index (Phi) is 12.3. The first-order valence-corrected chi connectivity index (χ1v) is 22.9. The standard InChI is InChI=1S/C53H61N3O7/c1-52(23-9-26-53(52)24-6-7-25-53)45-33-42(51(55-45)56-29-27-54-28-30-56)38-13-8-12-36(32-38)15-21-41-47(60)50(61-2)49(62-31-22-40(58)18-14-35-10-4-3-5-11-35)46-43(59)34-44(63-48(41)46)37-16-19-39(57)20-17-37/h3-5,8,10-14,16-20,32-33,40,44,54-55,57-58,60H,6-7,9,15,21-31,34H2,1-2H3/b18-14+/t40-,44?,52+/m0/s1. The predicted molar refractivity (Wildman–Crippen MR) is 248 cm³/mol. The Hall–Kier alpha value is -5.71. The van der Waals surface area contributed by atoms with Crippen LogP contribution in [0.4, 0.5) is 5.82 Å². The second-order valence-corrected chi connectivity index (χ2v) is 18.2. The van der Waals surface area contributed by atoms with Gasteiger partial charge in [0.2, 0.25) is 5.75 Å². The lowest BCUT2D eigenvalue weighted by atomic mass is 9.64. The van der Waals surface area contributed by atoms with E-state index < -0.39 is 12.2 Å². The fourth-order valence-electron chi connectivity index (χ4n) is 11.0. The highest BCUT2D eigenvalue weighted by Crippen LogP contribution is 2.62. The molecular weight excluding hydrogens is 791 g/mol. The van der Waals surface area contributed by atoms with Crippen molar-refractivity contribution in [1.29, 1.82) is 0 Å². The van der Waals surface area contributed by atoms with Crippen molar-refractivity contribution < 1.29 is 34.3 Å².